The summed E-state index contributed by atoms with van der Waals surface area (Å²) in [4.78, 5) is 14.8. The number of fused-ring (bicyclic) bond motifs is 1. The van der Waals surface area contributed by atoms with Gasteiger partial charge in [0.15, 0.2) is 5.82 Å². The normalized spacial score (nSPS) is 11.5. The molecule has 26 heavy (non-hydrogen) atoms. The van der Waals surface area contributed by atoms with Crippen LogP contribution in [0.4, 0.5) is 22.2 Å². The summed E-state index contributed by atoms with van der Waals surface area (Å²) in [5.74, 6) is 2.57. The summed E-state index contributed by atoms with van der Waals surface area (Å²) in [6, 6.07) is 9.76. The fraction of sp³-hybridized carbons (Fsp3) is 0. The van der Waals surface area contributed by atoms with Gasteiger partial charge in [0.05, 0.1) is 16.3 Å². The second-order valence-corrected chi connectivity index (χ2v) is 6.08. The van der Waals surface area contributed by atoms with Crippen molar-refractivity contribution >= 4 is 45.8 Å². The summed E-state index contributed by atoms with van der Waals surface area (Å²) >= 11 is 1.11. The zero-order chi connectivity index (χ0) is 18.1. The summed E-state index contributed by atoms with van der Waals surface area (Å²) in [7, 11) is 0. The van der Waals surface area contributed by atoms with Gasteiger partial charge >= 0.3 is 0 Å². The Bertz CT molecular complexity index is 1170. The van der Waals surface area contributed by atoms with E-state index in [-0.39, 0.29) is 5.69 Å². The molecule has 9 nitrogen and oxygen atoms in total. The van der Waals surface area contributed by atoms with Gasteiger partial charge in [0.2, 0.25) is 5.13 Å². The third-order valence-electron chi connectivity index (χ3n) is 3.76. The average Bonchev–Trinajstić information content (AvgIpc) is 3.31. The second-order valence-electron chi connectivity index (χ2n) is 5.33. The zero-order valence-electron chi connectivity index (χ0n) is 13.1. The number of rotatable bonds is 4. The molecule has 0 amide bonds. The lowest BCUT2D eigenvalue weighted by molar-refractivity contribution is -0.384. The number of nitrogens with one attached hydrogen (secondary N) is 3. The van der Waals surface area contributed by atoms with E-state index in [4.69, 9.17) is 0 Å². The van der Waals surface area contributed by atoms with E-state index in [1.807, 2.05) is 6.07 Å². The quantitative estimate of drug-likeness (QED) is 0.363. The van der Waals surface area contributed by atoms with E-state index in [9.17, 15) is 15.5 Å². The van der Waals surface area contributed by atoms with Crippen LogP contribution in [0.5, 0.6) is 0 Å². The maximum absolute atomic E-state index is 10.9. The molecular formula is C16H10N7O2S-. The fourth-order valence-corrected chi connectivity index (χ4v) is 3.16. The lowest BCUT2D eigenvalue weighted by Gasteiger charge is -2.05. The van der Waals surface area contributed by atoms with Crippen molar-refractivity contribution in [1.82, 2.24) is 14.8 Å². The van der Waals surface area contributed by atoms with Crippen LogP contribution in [0.3, 0.4) is 0 Å². The molecule has 3 N–H and O–H groups in total. The molecule has 3 aromatic rings. The molecule has 0 atom stereocenters. The summed E-state index contributed by atoms with van der Waals surface area (Å²) in [6.07, 6.45) is 1.72. The zero-order valence-corrected chi connectivity index (χ0v) is 13.9. The Hall–Kier alpha value is -3.75. The van der Waals surface area contributed by atoms with Crippen molar-refractivity contribution in [3.8, 4) is 11.4 Å². The molecule has 0 bridgehead atoms. The van der Waals surface area contributed by atoms with Crippen LogP contribution >= 0.6 is 11.5 Å². The summed E-state index contributed by atoms with van der Waals surface area (Å²) < 4.78 is 4.24. The summed E-state index contributed by atoms with van der Waals surface area (Å²) in [5.41, 5.74) is 7.76. The van der Waals surface area contributed by atoms with Crippen molar-refractivity contribution in [2.45, 2.75) is 0 Å². The van der Waals surface area contributed by atoms with Gasteiger partial charge in [-0.3, -0.25) is 16.0 Å². The van der Waals surface area contributed by atoms with Gasteiger partial charge in [0.25, 0.3) is 5.69 Å². The first-order chi connectivity index (χ1) is 12.7. The molecule has 2 aromatic carbocycles. The van der Waals surface area contributed by atoms with Crippen molar-refractivity contribution in [3.63, 3.8) is 0 Å². The fourth-order valence-electron chi connectivity index (χ4n) is 2.55. The highest BCUT2D eigenvalue weighted by Crippen LogP contribution is 2.25. The Balaban J connectivity index is 1.68. The van der Waals surface area contributed by atoms with Crippen LogP contribution in [0, 0.1) is 10.1 Å². The monoisotopic (exact) mass is 364 g/mol. The molecule has 1 aliphatic heterocycles. The molecule has 1 aromatic heterocycles. The Morgan fingerprint density at radius 3 is 3.00 bits per heavy atom. The van der Waals surface area contributed by atoms with Crippen molar-refractivity contribution in [3.05, 3.63) is 62.4 Å². The molecule has 0 radical (unpaired) electrons. The van der Waals surface area contributed by atoms with Crippen molar-refractivity contribution in [2.75, 3.05) is 10.7 Å². The predicted molar refractivity (Wildman–Crippen MR) is 99.7 cm³/mol. The van der Waals surface area contributed by atoms with Gasteiger partial charge in [0, 0.05) is 45.9 Å². The predicted octanol–water partition coefficient (Wildman–Crippen LogP) is 1.44. The molecule has 10 heteroatoms. The van der Waals surface area contributed by atoms with Gasteiger partial charge in [-0.05, 0) is 12.1 Å². The maximum Gasteiger partial charge on any atom is 0.270 e. The smallest absolute Gasteiger partial charge is 0.270 e. The first-order valence-corrected chi connectivity index (χ1v) is 8.20. The molecule has 0 aliphatic carbocycles. The van der Waals surface area contributed by atoms with Crippen LogP contribution in [-0.2, 0) is 0 Å². The van der Waals surface area contributed by atoms with Gasteiger partial charge in [0.1, 0.15) is 0 Å². The van der Waals surface area contributed by atoms with Crippen LogP contribution in [0.15, 0.2) is 36.4 Å². The Labute approximate surface area is 150 Å². The van der Waals surface area contributed by atoms with Gasteiger partial charge in [-0.2, -0.15) is 9.36 Å². The molecule has 1 aliphatic rings. The maximum atomic E-state index is 10.9. The van der Waals surface area contributed by atoms with Crippen molar-refractivity contribution < 1.29 is 4.92 Å². The standard InChI is InChI=1S/C16H10N7O2S/c17-7-11-12-8-18-21-14(12)5-4-13(11)19-16-20-15(22-26-16)9-2-1-3-10(6-9)23(24)25/h1-6,8,18,21H,(H,19,20,22)/q-1. The highest BCUT2D eigenvalue weighted by molar-refractivity contribution is 7.09. The molecule has 0 fully saturated rings. The Morgan fingerprint density at radius 2 is 2.19 bits per heavy atom. The van der Waals surface area contributed by atoms with Gasteiger partial charge in [-0.25, -0.2) is 0 Å². The molecule has 128 valence electrons. The minimum absolute atomic E-state index is 0.0206. The molecule has 4 rings (SSSR count). The summed E-state index contributed by atoms with van der Waals surface area (Å²) in [6.45, 7) is 0. The first-order valence-electron chi connectivity index (χ1n) is 7.43. The van der Waals surface area contributed by atoms with Gasteiger partial charge in [-0.1, -0.05) is 12.1 Å². The van der Waals surface area contributed by atoms with Gasteiger partial charge < -0.3 is 21.6 Å². The number of benzene rings is 2. The molecule has 2 heterocycles. The molecule has 0 unspecified atom stereocenters. The lowest BCUT2D eigenvalue weighted by Crippen LogP contribution is -2.28. The highest BCUT2D eigenvalue weighted by Gasteiger charge is 2.12. The van der Waals surface area contributed by atoms with E-state index in [2.05, 4.69) is 31.4 Å². The number of nitro benzene ring substituents is 1. The van der Waals surface area contributed by atoms with E-state index in [0.29, 0.717) is 27.4 Å². The van der Waals surface area contributed by atoms with E-state index < -0.39 is 4.92 Å². The SMILES string of the molecule is [N-]=C=c1c(Nc2nc(-c3cccc([N+](=O)[O-])c3)ns2)ccc2c1=CNN2. The van der Waals surface area contributed by atoms with E-state index in [1.165, 1.54) is 12.1 Å². The Morgan fingerprint density at radius 1 is 1.31 bits per heavy atom. The third kappa shape index (κ3) is 2.75. The topological polar surface area (TPSA) is 127 Å². The number of nitro groups is 1. The minimum Gasteiger partial charge on any atom is -0.763 e. The van der Waals surface area contributed by atoms with Crippen LogP contribution < -0.4 is 26.6 Å². The van der Waals surface area contributed by atoms with Crippen LogP contribution in [0.2, 0.25) is 0 Å². The number of hydrogen-bond acceptors (Lipinski definition) is 8. The third-order valence-corrected chi connectivity index (χ3v) is 4.39. The van der Waals surface area contributed by atoms with Crippen LogP contribution in [0.1, 0.15) is 0 Å². The molecule has 0 saturated heterocycles. The lowest BCUT2D eigenvalue weighted by atomic mass is 10.2. The van der Waals surface area contributed by atoms with Gasteiger partial charge in [-0.15, -0.1) is 0 Å². The van der Waals surface area contributed by atoms with Crippen LogP contribution in [-0.4, -0.2) is 20.2 Å². The van der Waals surface area contributed by atoms with Crippen LogP contribution in [0.25, 0.3) is 23.0 Å². The number of nitrogens with zero attached hydrogens (tertiary/aromatic N) is 4. The van der Waals surface area contributed by atoms with Crippen molar-refractivity contribution in [1.29, 1.82) is 0 Å². The van der Waals surface area contributed by atoms with E-state index >= 15 is 0 Å². The van der Waals surface area contributed by atoms with Crippen molar-refractivity contribution in [2.24, 2.45) is 0 Å². The first kappa shape index (κ1) is 15.8. The average molecular weight is 364 g/mol. The second kappa shape index (κ2) is 6.28. The van der Waals surface area contributed by atoms with E-state index in [1.54, 1.807) is 24.4 Å². The molecule has 0 spiro atoms. The van der Waals surface area contributed by atoms with E-state index in [0.717, 1.165) is 22.4 Å². The minimum atomic E-state index is -0.461. The number of non-ortho nitro benzene ring substituents is 1. The molecule has 0 saturated carbocycles. The number of anilines is 3. The number of hydrazine groups is 1. The number of hydrogen-bond donors (Lipinski definition) is 3. The largest absolute Gasteiger partial charge is 0.763 e. The molecular weight excluding hydrogens is 354 g/mol. The highest BCUT2D eigenvalue weighted by atomic mass is 32.1. The summed E-state index contributed by atoms with van der Waals surface area (Å²) in [5, 5.41) is 25.2. The Kier molecular flexibility index (Phi) is 3.81. The number of aromatic nitrogens is 2.